The molecule has 1 aromatic carbocycles. The first-order chi connectivity index (χ1) is 8.52. The van der Waals surface area contributed by atoms with E-state index in [0.29, 0.717) is 11.3 Å². The van der Waals surface area contributed by atoms with Crippen LogP contribution in [-0.2, 0) is 0 Å². The van der Waals surface area contributed by atoms with Crippen molar-refractivity contribution in [1.82, 2.24) is 0 Å². The maximum Gasteiger partial charge on any atom is 0.132 e. The Morgan fingerprint density at radius 3 is 2.61 bits per heavy atom. The zero-order valence-electron chi connectivity index (χ0n) is 10.0. The van der Waals surface area contributed by atoms with E-state index in [1.54, 1.807) is 12.1 Å². The minimum atomic E-state index is -0.453. The van der Waals surface area contributed by atoms with Crippen molar-refractivity contribution in [1.29, 1.82) is 0 Å². The van der Waals surface area contributed by atoms with Crippen molar-refractivity contribution in [2.24, 2.45) is 5.73 Å². The van der Waals surface area contributed by atoms with Crippen LogP contribution in [0.4, 0.5) is 4.39 Å². The number of methoxy groups -OCH3 is 1. The molecule has 0 radical (unpaired) electrons. The van der Waals surface area contributed by atoms with Gasteiger partial charge in [0.25, 0.3) is 0 Å². The van der Waals surface area contributed by atoms with Crippen LogP contribution in [0.2, 0.25) is 0 Å². The molecule has 0 bridgehead atoms. The van der Waals surface area contributed by atoms with Gasteiger partial charge in [-0.1, -0.05) is 6.07 Å². The van der Waals surface area contributed by atoms with E-state index in [1.165, 1.54) is 24.5 Å². The number of hydrogen-bond donors (Lipinski definition) is 1. The van der Waals surface area contributed by atoms with Gasteiger partial charge in [-0.05, 0) is 40.5 Å². The van der Waals surface area contributed by atoms with Crippen LogP contribution in [0.25, 0.3) is 0 Å². The lowest BCUT2D eigenvalue weighted by atomic mass is 10.0. The van der Waals surface area contributed by atoms with Gasteiger partial charge in [-0.3, -0.25) is 0 Å². The van der Waals surface area contributed by atoms with E-state index in [-0.39, 0.29) is 5.82 Å². The lowest BCUT2D eigenvalue weighted by Gasteiger charge is -2.12. The number of thiophene rings is 1. The molecular formula is C13H13BrFNOS. The highest BCUT2D eigenvalue weighted by molar-refractivity contribution is 9.11. The molecule has 96 valence electrons. The first kappa shape index (κ1) is 13.5. The van der Waals surface area contributed by atoms with Crippen LogP contribution in [-0.4, -0.2) is 7.11 Å². The van der Waals surface area contributed by atoms with Gasteiger partial charge in [0.1, 0.15) is 11.6 Å². The van der Waals surface area contributed by atoms with Crippen LogP contribution >= 0.6 is 27.3 Å². The molecule has 1 atom stereocenters. The predicted octanol–water partition coefficient (Wildman–Crippen LogP) is 4.01. The Morgan fingerprint density at radius 2 is 2.11 bits per heavy atom. The van der Waals surface area contributed by atoms with Crippen LogP contribution in [0.1, 0.15) is 22.0 Å². The Bertz CT molecular complexity index is 551. The number of ether oxygens (including phenoxy) is 1. The van der Waals surface area contributed by atoms with Gasteiger partial charge in [0.2, 0.25) is 0 Å². The van der Waals surface area contributed by atoms with Crippen LogP contribution in [0.5, 0.6) is 5.75 Å². The monoisotopic (exact) mass is 329 g/mol. The second-order valence-corrected chi connectivity index (χ2v) is 6.37. The summed E-state index contributed by atoms with van der Waals surface area (Å²) in [5.41, 5.74) is 7.69. The fourth-order valence-corrected chi connectivity index (χ4v) is 3.27. The minimum absolute atomic E-state index is 0.343. The van der Waals surface area contributed by atoms with Crippen molar-refractivity contribution in [3.63, 3.8) is 0 Å². The van der Waals surface area contributed by atoms with Crippen molar-refractivity contribution in [3.05, 3.63) is 49.9 Å². The summed E-state index contributed by atoms with van der Waals surface area (Å²) in [7, 11) is 1.51. The molecule has 5 heteroatoms. The summed E-state index contributed by atoms with van der Waals surface area (Å²) in [5.74, 6) is 0.149. The third kappa shape index (κ3) is 2.58. The first-order valence-corrected chi connectivity index (χ1v) is 6.98. The molecule has 1 aromatic heterocycles. The quantitative estimate of drug-likeness (QED) is 0.923. The topological polar surface area (TPSA) is 35.2 Å². The van der Waals surface area contributed by atoms with E-state index in [2.05, 4.69) is 15.9 Å². The molecule has 1 heterocycles. The van der Waals surface area contributed by atoms with Crippen molar-refractivity contribution in [2.75, 3.05) is 7.11 Å². The molecule has 0 aliphatic heterocycles. The Morgan fingerprint density at radius 1 is 1.39 bits per heavy atom. The molecule has 2 N–H and O–H groups in total. The Balaban J connectivity index is 2.36. The van der Waals surface area contributed by atoms with Gasteiger partial charge < -0.3 is 10.5 Å². The third-order valence-corrected chi connectivity index (χ3v) is 4.95. The van der Waals surface area contributed by atoms with E-state index >= 15 is 0 Å². The molecule has 0 fully saturated rings. The predicted molar refractivity (Wildman–Crippen MR) is 75.7 cm³/mol. The highest BCUT2D eigenvalue weighted by Gasteiger charge is 2.17. The molecule has 0 saturated carbocycles. The molecule has 2 rings (SSSR count). The van der Waals surface area contributed by atoms with Gasteiger partial charge in [-0.2, -0.15) is 0 Å². The molecule has 0 aliphatic carbocycles. The summed E-state index contributed by atoms with van der Waals surface area (Å²) in [5, 5.41) is 0. The normalized spacial score (nSPS) is 12.5. The molecule has 0 saturated heterocycles. The van der Waals surface area contributed by atoms with Crippen LogP contribution in [0.15, 0.2) is 28.1 Å². The molecule has 2 aromatic rings. The molecule has 0 aliphatic rings. The first-order valence-electron chi connectivity index (χ1n) is 5.37. The second-order valence-electron chi connectivity index (χ2n) is 3.97. The molecule has 0 spiro atoms. The van der Waals surface area contributed by atoms with Crippen molar-refractivity contribution in [3.8, 4) is 5.75 Å². The number of halogens is 2. The van der Waals surface area contributed by atoms with Crippen molar-refractivity contribution in [2.45, 2.75) is 13.0 Å². The summed E-state index contributed by atoms with van der Waals surface area (Å²) in [6, 6.07) is 6.26. The number of benzene rings is 1. The van der Waals surface area contributed by atoms with Crippen LogP contribution in [0.3, 0.4) is 0 Å². The standard InChI is InChI=1S/C13H13BrFNOS/c1-7-5-11(18-13(7)14)12(16)9-4-3-8(17-2)6-10(9)15/h3-6,12H,16H2,1-2H3. The molecular weight excluding hydrogens is 317 g/mol. The SMILES string of the molecule is COc1ccc(C(N)c2cc(C)c(Br)s2)c(F)c1. The van der Waals surface area contributed by atoms with Gasteiger partial charge in [-0.15, -0.1) is 11.3 Å². The van der Waals surface area contributed by atoms with E-state index in [0.717, 1.165) is 14.2 Å². The molecule has 18 heavy (non-hydrogen) atoms. The van der Waals surface area contributed by atoms with Crippen molar-refractivity contribution >= 4 is 27.3 Å². The van der Waals surface area contributed by atoms with E-state index in [4.69, 9.17) is 10.5 Å². The summed E-state index contributed by atoms with van der Waals surface area (Å²) < 4.78 is 19.9. The highest BCUT2D eigenvalue weighted by atomic mass is 79.9. The van der Waals surface area contributed by atoms with Crippen LogP contribution in [0, 0.1) is 12.7 Å². The van der Waals surface area contributed by atoms with Crippen molar-refractivity contribution < 1.29 is 9.13 Å². The van der Waals surface area contributed by atoms with Gasteiger partial charge in [0.05, 0.1) is 16.9 Å². The second kappa shape index (κ2) is 5.38. The summed E-state index contributed by atoms with van der Waals surface area (Å²) in [6.45, 7) is 1.99. The lowest BCUT2D eigenvalue weighted by Crippen LogP contribution is -2.12. The van der Waals surface area contributed by atoms with E-state index in [1.807, 2.05) is 13.0 Å². The largest absolute Gasteiger partial charge is 0.497 e. The summed E-state index contributed by atoms with van der Waals surface area (Å²) in [6.07, 6.45) is 0. The zero-order chi connectivity index (χ0) is 13.3. The summed E-state index contributed by atoms with van der Waals surface area (Å²) >= 11 is 4.98. The van der Waals surface area contributed by atoms with Gasteiger partial charge in [0.15, 0.2) is 0 Å². The highest BCUT2D eigenvalue weighted by Crippen LogP contribution is 2.34. The molecule has 2 nitrogen and oxygen atoms in total. The average Bonchev–Trinajstić information content (AvgIpc) is 2.68. The average molecular weight is 330 g/mol. The zero-order valence-corrected chi connectivity index (χ0v) is 12.4. The van der Waals surface area contributed by atoms with E-state index < -0.39 is 6.04 Å². The fraction of sp³-hybridized carbons (Fsp3) is 0.231. The minimum Gasteiger partial charge on any atom is -0.497 e. The summed E-state index contributed by atoms with van der Waals surface area (Å²) in [4.78, 5) is 0.934. The Labute approximate surface area is 118 Å². The number of hydrogen-bond acceptors (Lipinski definition) is 3. The lowest BCUT2D eigenvalue weighted by molar-refractivity contribution is 0.410. The Hall–Kier alpha value is -0.910. The number of rotatable bonds is 3. The van der Waals surface area contributed by atoms with Gasteiger partial charge in [-0.25, -0.2) is 4.39 Å². The maximum absolute atomic E-state index is 13.9. The van der Waals surface area contributed by atoms with Crippen LogP contribution < -0.4 is 10.5 Å². The van der Waals surface area contributed by atoms with Gasteiger partial charge >= 0.3 is 0 Å². The van der Waals surface area contributed by atoms with E-state index in [9.17, 15) is 4.39 Å². The third-order valence-electron chi connectivity index (χ3n) is 2.73. The maximum atomic E-state index is 13.9. The Kier molecular flexibility index (Phi) is 4.04. The molecule has 1 unspecified atom stereocenters. The smallest absolute Gasteiger partial charge is 0.132 e. The number of nitrogens with two attached hydrogens (primary N) is 1. The fourth-order valence-electron chi connectivity index (χ4n) is 1.68. The number of aryl methyl sites for hydroxylation is 1. The molecule has 0 amide bonds. The van der Waals surface area contributed by atoms with Gasteiger partial charge in [0, 0.05) is 16.5 Å².